The summed E-state index contributed by atoms with van der Waals surface area (Å²) in [6.07, 6.45) is 5.45. The molecule has 1 N–H and O–H groups in total. The fourth-order valence-electron chi connectivity index (χ4n) is 3.71. The monoisotopic (exact) mass is 454 g/mol. The quantitative estimate of drug-likeness (QED) is 0.416. The van der Waals surface area contributed by atoms with Gasteiger partial charge in [0.2, 0.25) is 5.91 Å². The Bertz CT molecular complexity index is 1100. The highest BCUT2D eigenvalue weighted by molar-refractivity contribution is 6.36. The predicted octanol–water partition coefficient (Wildman–Crippen LogP) is 7.14. The molecule has 2 aromatic carbocycles. The summed E-state index contributed by atoms with van der Waals surface area (Å²) in [5, 5.41) is 4.08. The van der Waals surface area contributed by atoms with Crippen LogP contribution in [0.15, 0.2) is 65.1 Å². The zero-order chi connectivity index (χ0) is 21.8. The van der Waals surface area contributed by atoms with Gasteiger partial charge in [0.1, 0.15) is 11.5 Å². The molecule has 0 saturated carbocycles. The normalized spacial score (nSPS) is 14.9. The maximum Gasteiger partial charge on any atom is 0.248 e. The molecular formula is C25H24Cl2N2O2. The van der Waals surface area contributed by atoms with E-state index in [2.05, 4.69) is 23.2 Å². The van der Waals surface area contributed by atoms with Crippen LogP contribution in [-0.2, 0) is 4.79 Å². The van der Waals surface area contributed by atoms with Crippen molar-refractivity contribution in [3.8, 4) is 11.3 Å². The lowest BCUT2D eigenvalue weighted by Gasteiger charge is -2.33. The highest BCUT2D eigenvalue weighted by atomic mass is 35.5. The number of halogens is 2. The van der Waals surface area contributed by atoms with Gasteiger partial charge in [0, 0.05) is 29.8 Å². The van der Waals surface area contributed by atoms with E-state index in [0.29, 0.717) is 21.6 Å². The lowest BCUT2D eigenvalue weighted by Crippen LogP contribution is -2.33. The average molecular weight is 455 g/mol. The van der Waals surface area contributed by atoms with Gasteiger partial charge in [-0.15, -0.1) is 0 Å². The second kappa shape index (κ2) is 9.63. The molecule has 0 atom stereocenters. The average Bonchev–Trinajstić information content (AvgIpc) is 3.22. The Morgan fingerprint density at radius 1 is 1.10 bits per heavy atom. The molecule has 1 aliphatic heterocycles. The van der Waals surface area contributed by atoms with E-state index >= 15 is 0 Å². The lowest BCUT2D eigenvalue weighted by molar-refractivity contribution is -0.111. The van der Waals surface area contributed by atoms with Crippen LogP contribution in [0.25, 0.3) is 17.4 Å². The van der Waals surface area contributed by atoms with Gasteiger partial charge in [-0.2, -0.15) is 0 Å². The van der Waals surface area contributed by atoms with Crippen molar-refractivity contribution in [1.82, 2.24) is 0 Å². The molecule has 1 aromatic heterocycles. The summed E-state index contributed by atoms with van der Waals surface area (Å²) in [6.45, 7) is 4.30. The van der Waals surface area contributed by atoms with Crippen LogP contribution in [0.4, 0.5) is 11.4 Å². The molecule has 6 heteroatoms. The first-order valence-corrected chi connectivity index (χ1v) is 11.1. The van der Waals surface area contributed by atoms with E-state index in [1.54, 1.807) is 24.3 Å². The fourth-order valence-corrected chi connectivity index (χ4v) is 4.21. The number of hydrogen-bond donors (Lipinski definition) is 1. The van der Waals surface area contributed by atoms with E-state index in [-0.39, 0.29) is 5.91 Å². The topological polar surface area (TPSA) is 45.5 Å². The van der Waals surface area contributed by atoms with Crippen LogP contribution in [0.2, 0.25) is 10.0 Å². The number of carbonyl (C=O) groups excluding carboxylic acids is 1. The second-order valence-electron chi connectivity index (χ2n) is 7.84. The van der Waals surface area contributed by atoms with Gasteiger partial charge in [-0.25, -0.2) is 0 Å². The maximum absolute atomic E-state index is 12.5. The van der Waals surface area contributed by atoms with Gasteiger partial charge in [-0.1, -0.05) is 42.3 Å². The van der Waals surface area contributed by atoms with E-state index in [0.717, 1.165) is 35.9 Å². The minimum absolute atomic E-state index is 0.208. The Morgan fingerprint density at radius 3 is 2.65 bits per heavy atom. The number of nitrogens with one attached hydrogen (secondary N) is 1. The molecule has 4 rings (SSSR count). The van der Waals surface area contributed by atoms with Crippen LogP contribution in [0, 0.1) is 5.92 Å². The predicted molar refractivity (Wildman–Crippen MR) is 129 cm³/mol. The van der Waals surface area contributed by atoms with Crippen LogP contribution >= 0.6 is 23.2 Å². The molecule has 31 heavy (non-hydrogen) atoms. The van der Waals surface area contributed by atoms with Crippen LogP contribution in [0.5, 0.6) is 0 Å². The summed E-state index contributed by atoms with van der Waals surface area (Å²) in [4.78, 5) is 14.9. The molecule has 4 nitrogen and oxygen atoms in total. The van der Waals surface area contributed by atoms with Crippen molar-refractivity contribution in [3.05, 3.63) is 76.5 Å². The number of para-hydroxylation sites is 2. The molecule has 0 spiro atoms. The zero-order valence-electron chi connectivity index (χ0n) is 17.3. The maximum atomic E-state index is 12.5. The molecule has 1 fully saturated rings. The molecule has 0 radical (unpaired) electrons. The standard InChI is InChI=1S/C25H24Cl2N2O2/c1-17-12-14-29(15-13-17)23-5-3-2-4-22(23)28-25(30)11-8-19-7-10-24(31-19)20-9-6-18(26)16-21(20)27/h2-11,16-17H,12-15H2,1H3,(H,28,30)/b11-8+. The molecule has 2 heterocycles. The summed E-state index contributed by atoms with van der Waals surface area (Å²) in [6, 6.07) is 16.8. The number of piperidine rings is 1. The summed E-state index contributed by atoms with van der Waals surface area (Å²) in [5.41, 5.74) is 2.63. The Labute approximate surface area is 192 Å². The van der Waals surface area contributed by atoms with Gasteiger partial charge < -0.3 is 14.6 Å². The molecule has 160 valence electrons. The minimum atomic E-state index is -0.208. The first-order valence-electron chi connectivity index (χ1n) is 10.4. The highest BCUT2D eigenvalue weighted by Gasteiger charge is 2.18. The van der Waals surface area contributed by atoms with Crippen molar-refractivity contribution < 1.29 is 9.21 Å². The second-order valence-corrected chi connectivity index (χ2v) is 8.68. The summed E-state index contributed by atoms with van der Waals surface area (Å²) in [5.74, 6) is 1.73. The van der Waals surface area contributed by atoms with Gasteiger partial charge in [0.05, 0.1) is 16.4 Å². The molecule has 1 amide bonds. The van der Waals surface area contributed by atoms with Gasteiger partial charge in [-0.3, -0.25) is 4.79 Å². The van der Waals surface area contributed by atoms with Crippen molar-refractivity contribution in [2.24, 2.45) is 5.92 Å². The van der Waals surface area contributed by atoms with Crippen molar-refractivity contribution in [2.45, 2.75) is 19.8 Å². The van der Waals surface area contributed by atoms with E-state index in [4.69, 9.17) is 27.6 Å². The summed E-state index contributed by atoms with van der Waals surface area (Å²) in [7, 11) is 0. The molecule has 0 bridgehead atoms. The van der Waals surface area contributed by atoms with Crippen molar-refractivity contribution >= 4 is 46.6 Å². The number of amides is 1. The first kappa shape index (κ1) is 21.5. The van der Waals surface area contributed by atoms with Crippen molar-refractivity contribution in [2.75, 3.05) is 23.3 Å². The Morgan fingerprint density at radius 2 is 1.87 bits per heavy atom. The Kier molecular flexibility index (Phi) is 6.69. The van der Waals surface area contributed by atoms with Crippen LogP contribution in [-0.4, -0.2) is 19.0 Å². The number of furan rings is 1. The van der Waals surface area contributed by atoms with E-state index in [1.807, 2.05) is 30.3 Å². The molecule has 1 aliphatic rings. The molecule has 3 aromatic rings. The number of rotatable bonds is 5. The van der Waals surface area contributed by atoms with Gasteiger partial charge in [0.25, 0.3) is 0 Å². The molecular weight excluding hydrogens is 431 g/mol. The number of carbonyl (C=O) groups is 1. The van der Waals surface area contributed by atoms with E-state index in [9.17, 15) is 4.79 Å². The van der Waals surface area contributed by atoms with E-state index in [1.165, 1.54) is 18.9 Å². The molecule has 1 saturated heterocycles. The highest BCUT2D eigenvalue weighted by Crippen LogP contribution is 2.32. The zero-order valence-corrected chi connectivity index (χ0v) is 18.8. The van der Waals surface area contributed by atoms with Gasteiger partial charge in [0.15, 0.2) is 0 Å². The Hall–Kier alpha value is -2.69. The number of benzene rings is 2. The van der Waals surface area contributed by atoms with Crippen LogP contribution in [0.3, 0.4) is 0 Å². The van der Waals surface area contributed by atoms with Gasteiger partial charge >= 0.3 is 0 Å². The van der Waals surface area contributed by atoms with Crippen LogP contribution in [0.1, 0.15) is 25.5 Å². The first-order chi connectivity index (χ1) is 15.0. The summed E-state index contributed by atoms with van der Waals surface area (Å²) < 4.78 is 5.82. The lowest BCUT2D eigenvalue weighted by atomic mass is 9.98. The SMILES string of the molecule is CC1CCN(c2ccccc2NC(=O)/C=C/c2ccc(-c3ccc(Cl)cc3Cl)o2)CC1. The fraction of sp³-hybridized carbons (Fsp3) is 0.240. The smallest absolute Gasteiger partial charge is 0.248 e. The van der Waals surface area contributed by atoms with Crippen LogP contribution < -0.4 is 10.2 Å². The molecule has 0 unspecified atom stereocenters. The summed E-state index contributed by atoms with van der Waals surface area (Å²) >= 11 is 12.2. The third-order valence-corrected chi connectivity index (χ3v) is 6.06. The third kappa shape index (κ3) is 5.33. The third-order valence-electron chi connectivity index (χ3n) is 5.51. The largest absolute Gasteiger partial charge is 0.457 e. The number of hydrogen-bond acceptors (Lipinski definition) is 3. The molecule has 0 aliphatic carbocycles. The number of anilines is 2. The van der Waals surface area contributed by atoms with E-state index < -0.39 is 0 Å². The van der Waals surface area contributed by atoms with Gasteiger partial charge in [-0.05, 0) is 67.3 Å². The van der Waals surface area contributed by atoms with Crippen molar-refractivity contribution in [1.29, 1.82) is 0 Å². The van der Waals surface area contributed by atoms with Crippen molar-refractivity contribution in [3.63, 3.8) is 0 Å². The minimum Gasteiger partial charge on any atom is -0.457 e. The number of nitrogens with zero attached hydrogens (tertiary/aromatic N) is 1. The Balaban J connectivity index is 1.44.